The first kappa shape index (κ1) is 15.2. The maximum atomic E-state index is 11.9. The lowest BCUT2D eigenvalue weighted by molar-refractivity contribution is -0.384. The largest absolute Gasteiger partial charge is 0.481 e. The Labute approximate surface area is 122 Å². The van der Waals surface area contributed by atoms with Gasteiger partial charge < -0.3 is 14.8 Å². The van der Waals surface area contributed by atoms with Crippen LogP contribution in [0.4, 0.5) is 5.69 Å². The second-order valence-electron chi connectivity index (χ2n) is 4.89. The molecule has 0 bridgehead atoms. The molecule has 0 saturated carbocycles. The number of nitrogens with one attached hydrogen (secondary N) is 1. The number of hydrogen-bond donors (Lipinski definition) is 1. The molecule has 7 heteroatoms. The lowest BCUT2D eigenvalue weighted by atomic mass is 10.2. The summed E-state index contributed by atoms with van der Waals surface area (Å²) < 4.78 is 10.9. The van der Waals surface area contributed by atoms with Gasteiger partial charge in [0.15, 0.2) is 6.10 Å². The molecule has 0 aromatic heterocycles. The number of nitro benzene ring substituents is 1. The van der Waals surface area contributed by atoms with Crippen LogP contribution >= 0.6 is 0 Å². The maximum absolute atomic E-state index is 11.9. The smallest absolute Gasteiger partial charge is 0.269 e. The van der Waals surface area contributed by atoms with E-state index in [4.69, 9.17) is 9.47 Å². The molecule has 2 atom stereocenters. The van der Waals surface area contributed by atoms with Crippen LogP contribution in [0.2, 0.25) is 0 Å². The minimum atomic E-state index is -0.673. The fourth-order valence-electron chi connectivity index (χ4n) is 2.07. The third-order valence-electron chi connectivity index (χ3n) is 3.26. The van der Waals surface area contributed by atoms with Gasteiger partial charge in [-0.15, -0.1) is 0 Å². The molecule has 1 aromatic rings. The van der Waals surface area contributed by atoms with E-state index in [0.717, 1.165) is 19.4 Å². The summed E-state index contributed by atoms with van der Waals surface area (Å²) in [5.41, 5.74) is -0.0159. The van der Waals surface area contributed by atoms with Gasteiger partial charge in [0.1, 0.15) is 5.75 Å². The Balaban J connectivity index is 1.80. The van der Waals surface area contributed by atoms with E-state index in [-0.39, 0.29) is 17.7 Å². The number of amides is 1. The van der Waals surface area contributed by atoms with Crippen LogP contribution in [0.15, 0.2) is 24.3 Å². The lowest BCUT2D eigenvalue weighted by Gasteiger charge is -2.16. The zero-order valence-corrected chi connectivity index (χ0v) is 11.8. The monoisotopic (exact) mass is 294 g/mol. The highest BCUT2D eigenvalue weighted by atomic mass is 16.6. The van der Waals surface area contributed by atoms with Gasteiger partial charge in [0.25, 0.3) is 11.6 Å². The van der Waals surface area contributed by atoms with Gasteiger partial charge in [-0.1, -0.05) is 0 Å². The molecule has 1 fully saturated rings. The Kier molecular flexibility index (Phi) is 5.10. The molecule has 1 amide bonds. The lowest BCUT2D eigenvalue weighted by Crippen LogP contribution is -2.40. The average molecular weight is 294 g/mol. The molecule has 0 aliphatic carbocycles. The van der Waals surface area contributed by atoms with Gasteiger partial charge in [-0.3, -0.25) is 14.9 Å². The van der Waals surface area contributed by atoms with Crippen LogP contribution in [0, 0.1) is 10.1 Å². The number of carbonyl (C=O) groups is 1. The summed E-state index contributed by atoms with van der Waals surface area (Å²) in [5, 5.41) is 13.3. The third kappa shape index (κ3) is 4.42. The minimum Gasteiger partial charge on any atom is -0.481 e. The van der Waals surface area contributed by atoms with Gasteiger partial charge in [0.2, 0.25) is 0 Å². The van der Waals surface area contributed by atoms with Gasteiger partial charge in [-0.2, -0.15) is 0 Å². The second-order valence-corrected chi connectivity index (χ2v) is 4.89. The molecular formula is C14H18N2O5. The summed E-state index contributed by atoms with van der Waals surface area (Å²) in [5.74, 6) is 0.184. The standard InChI is InChI=1S/C14H18N2O5/c1-10(14(17)15-9-13-3-2-8-20-13)21-12-6-4-11(5-7-12)16(18)19/h4-7,10,13H,2-3,8-9H2,1H3,(H,15,17)/t10-,13+/m0/s1. The van der Waals surface area contributed by atoms with E-state index in [0.29, 0.717) is 12.3 Å². The van der Waals surface area contributed by atoms with Crippen molar-refractivity contribution < 1.29 is 19.2 Å². The van der Waals surface area contributed by atoms with Crippen LogP contribution < -0.4 is 10.1 Å². The molecule has 114 valence electrons. The van der Waals surface area contributed by atoms with Crippen molar-refractivity contribution in [3.8, 4) is 5.75 Å². The minimum absolute atomic E-state index is 0.0159. The zero-order chi connectivity index (χ0) is 15.2. The first-order chi connectivity index (χ1) is 10.1. The highest BCUT2D eigenvalue weighted by Gasteiger charge is 2.19. The average Bonchev–Trinajstić information content (AvgIpc) is 2.98. The first-order valence-electron chi connectivity index (χ1n) is 6.86. The van der Waals surface area contributed by atoms with Gasteiger partial charge in [0, 0.05) is 25.3 Å². The van der Waals surface area contributed by atoms with E-state index in [1.807, 2.05) is 0 Å². The second kappa shape index (κ2) is 7.03. The Morgan fingerprint density at radius 1 is 1.52 bits per heavy atom. The summed E-state index contributed by atoms with van der Waals surface area (Å²) in [6.45, 7) is 2.86. The molecular weight excluding hydrogens is 276 g/mol. The maximum Gasteiger partial charge on any atom is 0.269 e. The Morgan fingerprint density at radius 2 is 2.24 bits per heavy atom. The van der Waals surface area contributed by atoms with Gasteiger partial charge in [-0.25, -0.2) is 0 Å². The van der Waals surface area contributed by atoms with E-state index < -0.39 is 11.0 Å². The van der Waals surface area contributed by atoms with Crippen LogP contribution in [0.3, 0.4) is 0 Å². The number of hydrogen-bond acceptors (Lipinski definition) is 5. The summed E-state index contributed by atoms with van der Waals surface area (Å²) in [6, 6.07) is 5.63. The van der Waals surface area contributed by atoms with Crippen LogP contribution in [0.5, 0.6) is 5.75 Å². The molecule has 0 radical (unpaired) electrons. The SMILES string of the molecule is C[C@H](Oc1ccc([N+](=O)[O-])cc1)C(=O)NC[C@H]1CCCO1. The van der Waals surface area contributed by atoms with Crippen LogP contribution in [0.1, 0.15) is 19.8 Å². The van der Waals surface area contributed by atoms with Crippen molar-refractivity contribution in [1.29, 1.82) is 0 Å². The van der Waals surface area contributed by atoms with Crippen LogP contribution in [-0.2, 0) is 9.53 Å². The summed E-state index contributed by atoms with van der Waals surface area (Å²) in [4.78, 5) is 21.9. The Bertz CT molecular complexity index is 497. The van der Waals surface area contributed by atoms with Crippen molar-refractivity contribution in [3.63, 3.8) is 0 Å². The number of nitrogens with zero attached hydrogens (tertiary/aromatic N) is 1. The molecule has 21 heavy (non-hydrogen) atoms. The molecule has 1 aliphatic rings. The van der Waals surface area contributed by atoms with Gasteiger partial charge in [-0.05, 0) is 31.9 Å². The Morgan fingerprint density at radius 3 is 2.81 bits per heavy atom. The highest BCUT2D eigenvalue weighted by molar-refractivity contribution is 5.80. The molecule has 1 aromatic carbocycles. The molecule has 1 heterocycles. The molecule has 0 unspecified atom stereocenters. The highest BCUT2D eigenvalue weighted by Crippen LogP contribution is 2.18. The molecule has 0 spiro atoms. The predicted octanol–water partition coefficient (Wildman–Crippen LogP) is 1.66. The number of ether oxygens (including phenoxy) is 2. The normalized spacial score (nSPS) is 19.0. The van der Waals surface area contributed by atoms with E-state index in [1.54, 1.807) is 6.92 Å². The number of carbonyl (C=O) groups excluding carboxylic acids is 1. The number of rotatable bonds is 6. The molecule has 2 rings (SSSR count). The first-order valence-corrected chi connectivity index (χ1v) is 6.86. The van der Waals surface area contributed by atoms with Gasteiger partial charge in [0.05, 0.1) is 11.0 Å². The third-order valence-corrected chi connectivity index (χ3v) is 3.26. The molecule has 1 N–H and O–H groups in total. The summed E-state index contributed by atoms with van der Waals surface area (Å²) in [7, 11) is 0. The Hall–Kier alpha value is -2.15. The van der Waals surface area contributed by atoms with Crippen molar-refractivity contribution in [2.24, 2.45) is 0 Å². The van der Waals surface area contributed by atoms with Crippen molar-refractivity contribution in [1.82, 2.24) is 5.32 Å². The number of benzene rings is 1. The van der Waals surface area contributed by atoms with Crippen molar-refractivity contribution in [3.05, 3.63) is 34.4 Å². The zero-order valence-electron chi connectivity index (χ0n) is 11.8. The van der Waals surface area contributed by atoms with Crippen LogP contribution in [-0.4, -0.2) is 36.2 Å². The molecule has 7 nitrogen and oxygen atoms in total. The predicted molar refractivity (Wildman–Crippen MR) is 75.2 cm³/mol. The number of non-ortho nitro benzene ring substituents is 1. The van der Waals surface area contributed by atoms with E-state index in [1.165, 1.54) is 24.3 Å². The summed E-state index contributed by atoms with van der Waals surface area (Å²) >= 11 is 0. The van der Waals surface area contributed by atoms with Crippen molar-refractivity contribution in [2.45, 2.75) is 32.0 Å². The molecule has 1 saturated heterocycles. The fraction of sp³-hybridized carbons (Fsp3) is 0.500. The van der Waals surface area contributed by atoms with E-state index in [9.17, 15) is 14.9 Å². The van der Waals surface area contributed by atoms with E-state index >= 15 is 0 Å². The fourth-order valence-corrected chi connectivity index (χ4v) is 2.07. The topological polar surface area (TPSA) is 90.7 Å². The van der Waals surface area contributed by atoms with Crippen molar-refractivity contribution >= 4 is 11.6 Å². The van der Waals surface area contributed by atoms with Crippen LogP contribution in [0.25, 0.3) is 0 Å². The van der Waals surface area contributed by atoms with Gasteiger partial charge >= 0.3 is 0 Å². The quantitative estimate of drug-likeness (QED) is 0.636. The summed E-state index contributed by atoms with van der Waals surface area (Å²) in [6.07, 6.45) is 1.39. The van der Waals surface area contributed by atoms with E-state index in [2.05, 4.69) is 5.32 Å². The molecule has 1 aliphatic heterocycles. The van der Waals surface area contributed by atoms with Crippen molar-refractivity contribution in [2.75, 3.05) is 13.2 Å². The number of nitro groups is 1.